The van der Waals surface area contributed by atoms with Crippen molar-refractivity contribution in [1.29, 1.82) is 0 Å². The molecule has 0 atom stereocenters. The van der Waals surface area contributed by atoms with Crippen LogP contribution in [0.25, 0.3) is 5.65 Å². The van der Waals surface area contributed by atoms with Crippen LogP contribution in [0.15, 0.2) is 42.6 Å². The average molecular weight is 351 g/mol. The Bertz CT molecular complexity index is 883. The van der Waals surface area contributed by atoms with E-state index in [9.17, 15) is 5.11 Å². The van der Waals surface area contributed by atoms with Gasteiger partial charge in [-0.2, -0.15) is 9.61 Å². The molecule has 0 amide bonds. The summed E-state index contributed by atoms with van der Waals surface area (Å²) in [6.45, 7) is 5.10. The molecule has 0 saturated carbocycles. The van der Waals surface area contributed by atoms with E-state index in [0.717, 1.165) is 61.6 Å². The van der Waals surface area contributed by atoms with Gasteiger partial charge >= 0.3 is 0 Å². The number of hydrogen-bond acceptors (Lipinski definition) is 5. The van der Waals surface area contributed by atoms with Gasteiger partial charge in [-0.05, 0) is 37.0 Å². The Labute approximate surface area is 153 Å². The zero-order valence-electron chi connectivity index (χ0n) is 15.1. The van der Waals surface area contributed by atoms with Crippen LogP contribution in [-0.4, -0.2) is 43.7 Å². The zero-order valence-corrected chi connectivity index (χ0v) is 15.1. The third kappa shape index (κ3) is 3.65. The summed E-state index contributed by atoms with van der Waals surface area (Å²) < 4.78 is 1.89. The number of anilines is 1. The molecule has 1 aliphatic rings. The van der Waals surface area contributed by atoms with Gasteiger partial charge in [0.15, 0.2) is 5.65 Å². The van der Waals surface area contributed by atoms with Crippen LogP contribution in [0.3, 0.4) is 0 Å². The summed E-state index contributed by atoms with van der Waals surface area (Å²) in [5, 5.41) is 17.7. The highest BCUT2D eigenvalue weighted by Crippen LogP contribution is 2.20. The lowest BCUT2D eigenvalue weighted by Gasteiger charge is -2.33. The first-order valence-electron chi connectivity index (χ1n) is 9.32. The highest BCUT2D eigenvalue weighted by Gasteiger charge is 2.20. The van der Waals surface area contributed by atoms with Gasteiger partial charge in [-0.1, -0.05) is 19.1 Å². The molecule has 2 aromatic heterocycles. The first-order valence-corrected chi connectivity index (χ1v) is 9.32. The van der Waals surface area contributed by atoms with Gasteiger partial charge in [0.2, 0.25) is 0 Å². The van der Waals surface area contributed by atoms with Crippen molar-refractivity contribution >= 4 is 11.5 Å². The summed E-state index contributed by atoms with van der Waals surface area (Å²) in [6.07, 6.45) is 4.89. The zero-order chi connectivity index (χ0) is 17.9. The molecule has 1 fully saturated rings. The van der Waals surface area contributed by atoms with E-state index in [4.69, 9.17) is 0 Å². The van der Waals surface area contributed by atoms with E-state index < -0.39 is 0 Å². The van der Waals surface area contributed by atoms with E-state index in [-0.39, 0.29) is 0 Å². The standard InChI is InChI=1S/C20H25N5O/c1-2-16-13-20(25-19(22-16)6-9-21-25)23-17-7-10-24(11-8-17)14-15-4-3-5-18(26)12-15/h3-6,9,12-13,17,23,26H,2,7-8,10-11,14H2,1H3. The van der Waals surface area contributed by atoms with Crippen molar-refractivity contribution < 1.29 is 5.11 Å². The molecule has 4 rings (SSSR count). The Morgan fingerprint density at radius 3 is 2.81 bits per heavy atom. The topological polar surface area (TPSA) is 65.7 Å². The number of piperidine rings is 1. The van der Waals surface area contributed by atoms with Crippen molar-refractivity contribution in [2.24, 2.45) is 0 Å². The van der Waals surface area contributed by atoms with Crippen molar-refractivity contribution in [2.75, 3.05) is 18.4 Å². The Kier molecular flexibility index (Phi) is 4.75. The molecule has 136 valence electrons. The number of nitrogens with zero attached hydrogens (tertiary/aromatic N) is 4. The fourth-order valence-electron chi connectivity index (χ4n) is 3.61. The molecule has 6 heteroatoms. The van der Waals surface area contributed by atoms with E-state index in [1.165, 1.54) is 0 Å². The molecule has 0 spiro atoms. The minimum absolute atomic E-state index is 0.340. The Hall–Kier alpha value is -2.60. The molecule has 1 aromatic carbocycles. The van der Waals surface area contributed by atoms with Crippen molar-refractivity contribution in [1.82, 2.24) is 19.5 Å². The van der Waals surface area contributed by atoms with Crippen LogP contribution in [0.4, 0.5) is 5.82 Å². The van der Waals surface area contributed by atoms with Gasteiger partial charge in [0.1, 0.15) is 11.6 Å². The molecule has 3 heterocycles. The summed E-state index contributed by atoms with van der Waals surface area (Å²) in [7, 11) is 0. The number of hydrogen-bond donors (Lipinski definition) is 2. The Morgan fingerprint density at radius 2 is 2.04 bits per heavy atom. The van der Waals surface area contributed by atoms with Crippen LogP contribution in [0.2, 0.25) is 0 Å². The maximum absolute atomic E-state index is 9.62. The molecular weight excluding hydrogens is 326 g/mol. The van der Waals surface area contributed by atoms with Gasteiger partial charge in [-0.3, -0.25) is 4.90 Å². The number of rotatable bonds is 5. The Balaban J connectivity index is 1.39. The maximum Gasteiger partial charge on any atom is 0.157 e. The number of aromatic hydroxyl groups is 1. The van der Waals surface area contributed by atoms with Crippen LogP contribution in [0.5, 0.6) is 5.75 Å². The number of fused-ring (bicyclic) bond motifs is 1. The number of phenolic OH excluding ortho intramolecular Hbond substituents is 1. The number of phenols is 1. The third-order valence-electron chi connectivity index (χ3n) is 5.03. The highest BCUT2D eigenvalue weighted by atomic mass is 16.3. The highest BCUT2D eigenvalue weighted by molar-refractivity contribution is 5.49. The van der Waals surface area contributed by atoms with E-state index in [1.807, 2.05) is 22.7 Å². The van der Waals surface area contributed by atoms with Gasteiger partial charge in [-0.25, -0.2) is 4.98 Å². The first kappa shape index (κ1) is 16.8. The predicted octanol–water partition coefficient (Wildman–Crippen LogP) is 3.07. The molecule has 2 N–H and O–H groups in total. The van der Waals surface area contributed by atoms with Gasteiger partial charge in [0.05, 0.1) is 6.20 Å². The summed E-state index contributed by atoms with van der Waals surface area (Å²) in [4.78, 5) is 7.05. The number of nitrogens with one attached hydrogen (secondary N) is 1. The fourth-order valence-corrected chi connectivity index (χ4v) is 3.61. The Morgan fingerprint density at radius 1 is 1.19 bits per heavy atom. The monoisotopic (exact) mass is 351 g/mol. The molecular formula is C20H25N5O. The van der Waals surface area contributed by atoms with E-state index in [0.29, 0.717) is 11.8 Å². The van der Waals surface area contributed by atoms with Gasteiger partial charge < -0.3 is 10.4 Å². The number of aryl methyl sites for hydroxylation is 1. The molecule has 3 aromatic rings. The minimum atomic E-state index is 0.340. The lowest BCUT2D eigenvalue weighted by molar-refractivity contribution is 0.211. The van der Waals surface area contributed by atoms with Crippen molar-refractivity contribution in [3.8, 4) is 5.75 Å². The van der Waals surface area contributed by atoms with Gasteiger partial charge in [-0.15, -0.1) is 0 Å². The van der Waals surface area contributed by atoms with Crippen LogP contribution < -0.4 is 5.32 Å². The van der Waals surface area contributed by atoms with Crippen LogP contribution in [-0.2, 0) is 13.0 Å². The average Bonchev–Trinajstić information content (AvgIpc) is 3.12. The number of aromatic nitrogens is 3. The summed E-state index contributed by atoms with van der Waals surface area (Å²) >= 11 is 0. The number of likely N-dealkylation sites (tertiary alicyclic amines) is 1. The molecule has 1 saturated heterocycles. The molecule has 6 nitrogen and oxygen atoms in total. The van der Waals surface area contributed by atoms with Crippen molar-refractivity contribution in [2.45, 2.75) is 38.8 Å². The smallest absolute Gasteiger partial charge is 0.157 e. The molecule has 1 aliphatic heterocycles. The van der Waals surface area contributed by atoms with Crippen molar-refractivity contribution in [3.63, 3.8) is 0 Å². The third-order valence-corrected chi connectivity index (χ3v) is 5.03. The summed E-state index contributed by atoms with van der Waals surface area (Å²) in [5.74, 6) is 1.37. The molecule has 0 unspecified atom stereocenters. The maximum atomic E-state index is 9.62. The van der Waals surface area contributed by atoms with Gasteiger partial charge in [0, 0.05) is 43.5 Å². The lowest BCUT2D eigenvalue weighted by Crippen LogP contribution is -2.39. The SMILES string of the molecule is CCc1cc(NC2CCN(Cc3cccc(O)c3)CC2)n2nccc2n1. The second-order valence-electron chi connectivity index (χ2n) is 6.95. The summed E-state index contributed by atoms with van der Waals surface area (Å²) in [5.41, 5.74) is 3.14. The van der Waals surface area contributed by atoms with E-state index in [2.05, 4.69) is 39.4 Å². The molecule has 0 bridgehead atoms. The fraction of sp³-hybridized carbons (Fsp3) is 0.400. The molecule has 0 radical (unpaired) electrons. The minimum Gasteiger partial charge on any atom is -0.508 e. The van der Waals surface area contributed by atoms with Gasteiger partial charge in [0.25, 0.3) is 0 Å². The van der Waals surface area contributed by atoms with E-state index in [1.54, 1.807) is 12.3 Å². The quantitative estimate of drug-likeness (QED) is 0.739. The number of benzene rings is 1. The predicted molar refractivity (Wildman–Crippen MR) is 102 cm³/mol. The van der Waals surface area contributed by atoms with E-state index >= 15 is 0 Å². The van der Waals surface area contributed by atoms with Crippen LogP contribution >= 0.6 is 0 Å². The van der Waals surface area contributed by atoms with Crippen LogP contribution in [0, 0.1) is 0 Å². The van der Waals surface area contributed by atoms with Crippen LogP contribution in [0.1, 0.15) is 31.0 Å². The molecule has 0 aliphatic carbocycles. The first-order chi connectivity index (χ1) is 12.7. The summed E-state index contributed by atoms with van der Waals surface area (Å²) in [6, 6.07) is 12.0. The van der Waals surface area contributed by atoms with Crippen molar-refractivity contribution in [3.05, 3.63) is 53.9 Å². The molecule has 26 heavy (non-hydrogen) atoms. The second kappa shape index (κ2) is 7.33. The second-order valence-corrected chi connectivity index (χ2v) is 6.95. The largest absolute Gasteiger partial charge is 0.508 e. The lowest BCUT2D eigenvalue weighted by atomic mass is 10.0. The normalized spacial score (nSPS) is 16.2.